The molecule has 1 aromatic carbocycles. The minimum Gasteiger partial charge on any atom is -0.325 e. The fourth-order valence-corrected chi connectivity index (χ4v) is 1.78. The summed E-state index contributed by atoms with van der Waals surface area (Å²) >= 11 is 1.59. The Balaban J connectivity index is 2.67. The Morgan fingerprint density at radius 3 is 3.36 bits per heavy atom. The molecular formula is C8H8N2S. The maximum atomic E-state index is 7.38. The van der Waals surface area contributed by atoms with Gasteiger partial charge in [-0.15, -0.1) is 11.3 Å². The van der Waals surface area contributed by atoms with Gasteiger partial charge < -0.3 is 5.73 Å². The van der Waals surface area contributed by atoms with Crippen LogP contribution in [0.4, 0.5) is 0 Å². The molecule has 2 aromatic rings. The molecule has 0 amide bonds. The standard InChI is InChI=1S/C8H8N2S/c9-5-8-10-6-3-1-2-4-7(6)11-8/h1-4H,5,9H2/i1D. The average molecular weight is 165 g/mol. The number of benzene rings is 1. The molecule has 0 unspecified atom stereocenters. The number of hydrogen-bond acceptors (Lipinski definition) is 3. The van der Waals surface area contributed by atoms with Crippen molar-refractivity contribution in [2.24, 2.45) is 5.73 Å². The molecule has 0 aliphatic rings. The van der Waals surface area contributed by atoms with E-state index in [-0.39, 0.29) is 0 Å². The van der Waals surface area contributed by atoms with Gasteiger partial charge in [0.2, 0.25) is 0 Å². The van der Waals surface area contributed by atoms with E-state index >= 15 is 0 Å². The smallest absolute Gasteiger partial charge is 0.107 e. The molecule has 2 N–H and O–H groups in total. The first-order valence-electron chi connectivity index (χ1n) is 3.86. The van der Waals surface area contributed by atoms with Gasteiger partial charge in [0, 0.05) is 6.54 Å². The highest BCUT2D eigenvalue weighted by molar-refractivity contribution is 7.18. The Labute approximate surface area is 70.1 Å². The van der Waals surface area contributed by atoms with E-state index in [1.807, 2.05) is 6.07 Å². The van der Waals surface area contributed by atoms with Gasteiger partial charge in [-0.3, -0.25) is 0 Å². The van der Waals surface area contributed by atoms with Crippen molar-refractivity contribution in [2.75, 3.05) is 0 Å². The molecule has 1 heterocycles. The summed E-state index contributed by atoms with van der Waals surface area (Å²) < 4.78 is 8.48. The predicted molar refractivity (Wildman–Crippen MR) is 47.5 cm³/mol. The fourth-order valence-electron chi connectivity index (χ4n) is 0.952. The van der Waals surface area contributed by atoms with Gasteiger partial charge in [0.05, 0.1) is 11.6 Å². The van der Waals surface area contributed by atoms with Gasteiger partial charge in [-0.05, 0) is 12.1 Å². The number of nitrogens with zero attached hydrogens (tertiary/aromatic N) is 1. The lowest BCUT2D eigenvalue weighted by molar-refractivity contribution is 1.05. The summed E-state index contributed by atoms with van der Waals surface area (Å²) in [4.78, 5) is 4.27. The summed E-state index contributed by atoms with van der Waals surface area (Å²) in [5.41, 5.74) is 6.34. The number of thiazole rings is 1. The third-order valence-corrected chi connectivity index (χ3v) is 2.51. The average Bonchev–Trinajstić information content (AvgIpc) is 2.46. The van der Waals surface area contributed by atoms with E-state index in [1.54, 1.807) is 23.5 Å². The summed E-state index contributed by atoms with van der Waals surface area (Å²) in [6, 6.07) is 5.93. The summed E-state index contributed by atoms with van der Waals surface area (Å²) in [5, 5.41) is 0.926. The quantitative estimate of drug-likeness (QED) is 0.699. The summed E-state index contributed by atoms with van der Waals surface area (Å²) in [6.07, 6.45) is 0. The van der Waals surface area contributed by atoms with Crippen LogP contribution in [0.3, 0.4) is 0 Å². The molecule has 11 heavy (non-hydrogen) atoms. The van der Waals surface area contributed by atoms with Crippen LogP contribution in [0.1, 0.15) is 6.38 Å². The van der Waals surface area contributed by atoms with Gasteiger partial charge in [-0.25, -0.2) is 4.98 Å². The monoisotopic (exact) mass is 165 g/mol. The van der Waals surface area contributed by atoms with E-state index in [4.69, 9.17) is 7.10 Å². The Morgan fingerprint density at radius 1 is 1.64 bits per heavy atom. The van der Waals surface area contributed by atoms with Gasteiger partial charge >= 0.3 is 0 Å². The zero-order valence-electron chi connectivity index (χ0n) is 6.87. The van der Waals surface area contributed by atoms with Gasteiger partial charge in [0.25, 0.3) is 0 Å². The van der Waals surface area contributed by atoms with Crippen molar-refractivity contribution in [3.05, 3.63) is 29.2 Å². The number of fused-ring (bicyclic) bond motifs is 1. The largest absolute Gasteiger partial charge is 0.325 e. The molecule has 0 fully saturated rings. The van der Waals surface area contributed by atoms with Gasteiger partial charge in [0.1, 0.15) is 5.01 Å². The zero-order valence-corrected chi connectivity index (χ0v) is 6.69. The summed E-state index contributed by atoms with van der Waals surface area (Å²) in [5.74, 6) is 0. The Morgan fingerprint density at radius 2 is 2.55 bits per heavy atom. The number of aromatic nitrogens is 1. The van der Waals surface area contributed by atoms with Crippen molar-refractivity contribution in [1.29, 1.82) is 0 Å². The normalized spacial score (nSPS) is 11.9. The number of nitrogens with two attached hydrogens (primary N) is 1. The predicted octanol–water partition coefficient (Wildman–Crippen LogP) is 1.76. The third kappa shape index (κ3) is 1.13. The van der Waals surface area contributed by atoms with Crippen LogP contribution in [0.5, 0.6) is 0 Å². The molecule has 3 heteroatoms. The van der Waals surface area contributed by atoms with Crippen molar-refractivity contribution in [2.45, 2.75) is 6.54 Å². The van der Waals surface area contributed by atoms with Crippen LogP contribution in [0, 0.1) is 0 Å². The van der Waals surface area contributed by atoms with Crippen LogP contribution < -0.4 is 5.73 Å². The lowest BCUT2D eigenvalue weighted by atomic mass is 10.3. The molecule has 1 aromatic heterocycles. The molecule has 0 aliphatic heterocycles. The molecule has 0 saturated carbocycles. The van der Waals surface area contributed by atoms with Crippen LogP contribution >= 0.6 is 11.3 Å². The van der Waals surface area contributed by atoms with Gasteiger partial charge in [-0.1, -0.05) is 12.1 Å². The maximum absolute atomic E-state index is 7.38. The highest BCUT2D eigenvalue weighted by atomic mass is 32.1. The first-order valence-corrected chi connectivity index (χ1v) is 4.17. The summed E-state index contributed by atoms with van der Waals surface area (Å²) in [6.45, 7) is 0.479. The zero-order chi connectivity index (χ0) is 8.55. The van der Waals surface area contributed by atoms with E-state index < -0.39 is 0 Å². The minimum atomic E-state index is 0.479. The van der Waals surface area contributed by atoms with E-state index in [9.17, 15) is 0 Å². The molecule has 0 aliphatic carbocycles. The molecule has 2 rings (SSSR count). The molecule has 0 bridgehead atoms. The lowest BCUT2D eigenvalue weighted by Crippen LogP contribution is -1.93. The topological polar surface area (TPSA) is 38.9 Å². The van der Waals surface area contributed by atoms with Crippen LogP contribution in [-0.4, -0.2) is 4.98 Å². The van der Waals surface area contributed by atoms with E-state index in [0.717, 1.165) is 15.2 Å². The van der Waals surface area contributed by atoms with Crippen molar-refractivity contribution in [1.82, 2.24) is 4.98 Å². The Bertz CT molecular complexity index is 410. The highest BCUT2D eigenvalue weighted by Gasteiger charge is 1.98. The Hall–Kier alpha value is -0.930. The molecule has 0 spiro atoms. The molecule has 0 atom stereocenters. The van der Waals surface area contributed by atoms with E-state index in [1.165, 1.54) is 0 Å². The van der Waals surface area contributed by atoms with Crippen molar-refractivity contribution < 1.29 is 1.37 Å². The maximum Gasteiger partial charge on any atom is 0.107 e. The number of para-hydroxylation sites is 1. The van der Waals surface area contributed by atoms with Crippen LogP contribution in [0.2, 0.25) is 0 Å². The molecule has 56 valence electrons. The molecule has 2 nitrogen and oxygen atoms in total. The first kappa shape index (κ1) is 5.69. The minimum absolute atomic E-state index is 0.479. The molecule has 0 radical (unpaired) electrons. The number of rotatable bonds is 1. The lowest BCUT2D eigenvalue weighted by Gasteiger charge is -1.80. The third-order valence-electron chi connectivity index (χ3n) is 1.45. The van der Waals surface area contributed by atoms with Crippen molar-refractivity contribution in [3.8, 4) is 0 Å². The van der Waals surface area contributed by atoms with E-state index in [2.05, 4.69) is 4.98 Å². The Kier molecular flexibility index (Phi) is 1.34. The van der Waals surface area contributed by atoms with E-state index in [0.29, 0.717) is 12.6 Å². The summed E-state index contributed by atoms with van der Waals surface area (Å²) in [7, 11) is 0. The number of hydrogen-bond donors (Lipinski definition) is 1. The second-order valence-electron chi connectivity index (χ2n) is 2.21. The van der Waals surface area contributed by atoms with Gasteiger partial charge in [0.15, 0.2) is 0 Å². The van der Waals surface area contributed by atoms with Crippen LogP contribution in [0.25, 0.3) is 10.2 Å². The fraction of sp³-hybridized carbons (Fsp3) is 0.125. The van der Waals surface area contributed by atoms with Crippen LogP contribution in [0.15, 0.2) is 24.2 Å². The molecule has 0 saturated heterocycles. The highest BCUT2D eigenvalue weighted by Crippen LogP contribution is 2.20. The first-order chi connectivity index (χ1) is 5.79. The van der Waals surface area contributed by atoms with Crippen LogP contribution in [-0.2, 0) is 6.54 Å². The molecular weight excluding hydrogens is 156 g/mol. The second kappa shape index (κ2) is 2.60. The van der Waals surface area contributed by atoms with Crippen molar-refractivity contribution >= 4 is 21.6 Å². The second-order valence-corrected chi connectivity index (χ2v) is 3.32. The van der Waals surface area contributed by atoms with Gasteiger partial charge in [-0.2, -0.15) is 0 Å². The van der Waals surface area contributed by atoms with Crippen molar-refractivity contribution in [3.63, 3.8) is 0 Å². The SMILES string of the molecule is [2H]c1ccc2sc(CN)nc2c1.